The first kappa shape index (κ1) is 9.73. The summed E-state index contributed by atoms with van der Waals surface area (Å²) >= 11 is 0. The number of nitrogens with one attached hydrogen (secondary N) is 1. The highest BCUT2D eigenvalue weighted by atomic mass is 16.5. The van der Waals surface area contributed by atoms with Crippen molar-refractivity contribution in [3.8, 4) is 0 Å². The first-order valence-electron chi connectivity index (χ1n) is 4.03. The van der Waals surface area contributed by atoms with Gasteiger partial charge in [-0.2, -0.15) is 5.10 Å². The molecule has 0 bridgehead atoms. The van der Waals surface area contributed by atoms with Gasteiger partial charge in [-0.1, -0.05) is 0 Å². The van der Waals surface area contributed by atoms with Crippen molar-refractivity contribution in [3.05, 3.63) is 18.0 Å². The molecule has 5 nitrogen and oxygen atoms in total. The summed E-state index contributed by atoms with van der Waals surface area (Å²) in [5.41, 5.74) is 0.485. The lowest BCUT2D eigenvalue weighted by Gasteiger charge is -1.98. The second-order valence-corrected chi connectivity index (χ2v) is 2.59. The average molecular weight is 183 g/mol. The van der Waals surface area contributed by atoms with Crippen molar-refractivity contribution in [2.45, 2.75) is 6.54 Å². The molecule has 1 heterocycles. The Kier molecular flexibility index (Phi) is 3.45. The van der Waals surface area contributed by atoms with Crippen molar-refractivity contribution in [2.24, 2.45) is 0 Å². The van der Waals surface area contributed by atoms with E-state index in [4.69, 9.17) is 0 Å². The van der Waals surface area contributed by atoms with Crippen LogP contribution < -0.4 is 5.32 Å². The fourth-order valence-electron chi connectivity index (χ4n) is 0.935. The molecule has 0 saturated heterocycles. The summed E-state index contributed by atoms with van der Waals surface area (Å²) in [7, 11) is 3.22. The highest BCUT2D eigenvalue weighted by Crippen LogP contribution is 1.98. The van der Waals surface area contributed by atoms with Gasteiger partial charge in [-0.25, -0.2) is 4.79 Å². The predicted octanol–water partition coefficient (Wildman–Crippen LogP) is -0.111. The number of esters is 1. The molecule has 0 spiro atoms. The van der Waals surface area contributed by atoms with Crippen molar-refractivity contribution < 1.29 is 9.53 Å². The number of hydrogen-bond donors (Lipinski definition) is 1. The van der Waals surface area contributed by atoms with E-state index in [0.717, 1.165) is 13.1 Å². The van der Waals surface area contributed by atoms with E-state index in [2.05, 4.69) is 15.2 Å². The van der Waals surface area contributed by atoms with Crippen LogP contribution in [0, 0.1) is 0 Å². The van der Waals surface area contributed by atoms with Gasteiger partial charge in [-0.15, -0.1) is 0 Å². The Balaban J connectivity index is 2.58. The van der Waals surface area contributed by atoms with E-state index in [1.54, 1.807) is 10.9 Å². The third-order valence-electron chi connectivity index (χ3n) is 1.65. The lowest BCUT2D eigenvalue weighted by molar-refractivity contribution is 0.0600. The van der Waals surface area contributed by atoms with Gasteiger partial charge in [0.05, 0.1) is 25.4 Å². The van der Waals surface area contributed by atoms with Gasteiger partial charge in [0.25, 0.3) is 0 Å². The van der Waals surface area contributed by atoms with Crippen molar-refractivity contribution in [2.75, 3.05) is 20.7 Å². The molecular weight excluding hydrogens is 170 g/mol. The third-order valence-corrected chi connectivity index (χ3v) is 1.65. The number of aromatic nitrogens is 2. The van der Waals surface area contributed by atoms with Crippen LogP contribution in [0.1, 0.15) is 10.4 Å². The SMILES string of the molecule is CNCCn1cc(C(=O)OC)cn1. The number of rotatable bonds is 4. The maximum atomic E-state index is 11.0. The summed E-state index contributed by atoms with van der Waals surface area (Å²) in [5.74, 6) is -0.351. The van der Waals surface area contributed by atoms with Crippen LogP contribution >= 0.6 is 0 Å². The topological polar surface area (TPSA) is 56.2 Å². The standard InChI is InChI=1S/C8H13N3O2/c1-9-3-4-11-6-7(5-10-11)8(12)13-2/h5-6,9H,3-4H2,1-2H3. The summed E-state index contributed by atoms with van der Waals surface area (Å²) in [6, 6.07) is 0. The van der Waals surface area contributed by atoms with Crippen molar-refractivity contribution in [1.29, 1.82) is 0 Å². The maximum absolute atomic E-state index is 11.0. The predicted molar refractivity (Wildman–Crippen MR) is 47.5 cm³/mol. The normalized spacial score (nSPS) is 10.0. The Morgan fingerprint density at radius 1 is 1.77 bits per heavy atom. The molecule has 0 unspecified atom stereocenters. The van der Waals surface area contributed by atoms with E-state index in [0.29, 0.717) is 5.56 Å². The van der Waals surface area contributed by atoms with Gasteiger partial charge in [0.2, 0.25) is 0 Å². The fraction of sp³-hybridized carbons (Fsp3) is 0.500. The quantitative estimate of drug-likeness (QED) is 0.662. The number of likely N-dealkylation sites (N-methyl/N-ethyl adjacent to an activating group) is 1. The smallest absolute Gasteiger partial charge is 0.341 e. The van der Waals surface area contributed by atoms with E-state index >= 15 is 0 Å². The summed E-state index contributed by atoms with van der Waals surface area (Å²) in [6.07, 6.45) is 3.17. The van der Waals surface area contributed by atoms with Crippen molar-refractivity contribution in [1.82, 2.24) is 15.1 Å². The summed E-state index contributed by atoms with van der Waals surface area (Å²) in [4.78, 5) is 11.0. The van der Waals surface area contributed by atoms with Crippen LogP contribution in [0.4, 0.5) is 0 Å². The lowest BCUT2D eigenvalue weighted by Crippen LogP contribution is -2.15. The Morgan fingerprint density at radius 2 is 2.54 bits per heavy atom. The van der Waals surface area contributed by atoms with Gasteiger partial charge in [0.1, 0.15) is 0 Å². The number of nitrogens with zero attached hydrogens (tertiary/aromatic N) is 2. The van der Waals surface area contributed by atoms with Gasteiger partial charge < -0.3 is 10.1 Å². The molecule has 13 heavy (non-hydrogen) atoms. The molecule has 5 heteroatoms. The van der Waals surface area contributed by atoms with Crippen LogP contribution in [-0.2, 0) is 11.3 Å². The molecule has 0 aromatic carbocycles. The van der Waals surface area contributed by atoms with E-state index in [9.17, 15) is 4.79 Å². The molecule has 0 radical (unpaired) electrons. The Morgan fingerprint density at radius 3 is 3.15 bits per heavy atom. The second-order valence-electron chi connectivity index (χ2n) is 2.59. The minimum Gasteiger partial charge on any atom is -0.465 e. The Labute approximate surface area is 76.7 Å². The highest BCUT2D eigenvalue weighted by Gasteiger charge is 2.07. The summed E-state index contributed by atoms with van der Waals surface area (Å²) < 4.78 is 6.24. The zero-order valence-electron chi connectivity index (χ0n) is 7.78. The second kappa shape index (κ2) is 4.61. The highest BCUT2D eigenvalue weighted by molar-refractivity contribution is 5.88. The molecule has 0 aliphatic rings. The number of ether oxygens (including phenoxy) is 1. The average Bonchev–Trinajstić information content (AvgIpc) is 2.62. The van der Waals surface area contributed by atoms with E-state index < -0.39 is 0 Å². The number of hydrogen-bond acceptors (Lipinski definition) is 4. The maximum Gasteiger partial charge on any atom is 0.341 e. The van der Waals surface area contributed by atoms with Gasteiger partial charge in [-0.05, 0) is 7.05 Å². The molecule has 1 aromatic rings. The summed E-state index contributed by atoms with van der Waals surface area (Å²) in [6.45, 7) is 1.57. The van der Waals surface area contributed by atoms with Crippen molar-refractivity contribution in [3.63, 3.8) is 0 Å². The molecule has 1 N–H and O–H groups in total. The van der Waals surface area contributed by atoms with E-state index in [1.165, 1.54) is 13.3 Å². The van der Waals surface area contributed by atoms with Crippen LogP contribution in [0.25, 0.3) is 0 Å². The molecule has 0 aliphatic heterocycles. The molecule has 72 valence electrons. The van der Waals surface area contributed by atoms with Gasteiger partial charge in [0.15, 0.2) is 0 Å². The molecule has 0 aliphatic carbocycles. The minimum atomic E-state index is -0.351. The number of methoxy groups -OCH3 is 1. The summed E-state index contributed by atoms with van der Waals surface area (Å²) in [5, 5.41) is 6.99. The van der Waals surface area contributed by atoms with Gasteiger partial charge >= 0.3 is 5.97 Å². The van der Waals surface area contributed by atoms with Gasteiger partial charge in [0, 0.05) is 12.7 Å². The Hall–Kier alpha value is -1.36. The molecule has 0 atom stereocenters. The fourth-order valence-corrected chi connectivity index (χ4v) is 0.935. The van der Waals surface area contributed by atoms with Gasteiger partial charge in [-0.3, -0.25) is 4.68 Å². The molecular formula is C8H13N3O2. The minimum absolute atomic E-state index is 0.351. The van der Waals surface area contributed by atoms with E-state index in [-0.39, 0.29) is 5.97 Å². The van der Waals surface area contributed by atoms with Crippen LogP contribution in [0.5, 0.6) is 0 Å². The van der Waals surface area contributed by atoms with Crippen LogP contribution in [-0.4, -0.2) is 36.5 Å². The number of carbonyl (C=O) groups excluding carboxylic acids is 1. The number of carbonyl (C=O) groups is 1. The van der Waals surface area contributed by atoms with Crippen LogP contribution in [0.3, 0.4) is 0 Å². The molecule has 0 saturated carbocycles. The zero-order chi connectivity index (χ0) is 9.68. The molecule has 1 rings (SSSR count). The van der Waals surface area contributed by atoms with Crippen LogP contribution in [0.2, 0.25) is 0 Å². The van der Waals surface area contributed by atoms with Crippen molar-refractivity contribution >= 4 is 5.97 Å². The molecule has 0 fully saturated rings. The molecule has 1 aromatic heterocycles. The first-order chi connectivity index (χ1) is 6.27. The Bertz CT molecular complexity index is 283. The van der Waals surface area contributed by atoms with Crippen LogP contribution in [0.15, 0.2) is 12.4 Å². The van der Waals surface area contributed by atoms with E-state index in [1.807, 2.05) is 7.05 Å². The third kappa shape index (κ3) is 2.55. The zero-order valence-corrected chi connectivity index (χ0v) is 7.78. The largest absolute Gasteiger partial charge is 0.465 e. The molecule has 0 amide bonds. The lowest BCUT2D eigenvalue weighted by atomic mass is 10.4. The first-order valence-corrected chi connectivity index (χ1v) is 4.03. The monoisotopic (exact) mass is 183 g/mol.